The van der Waals surface area contributed by atoms with Gasteiger partial charge in [-0.15, -0.1) is 10.2 Å². The predicted molar refractivity (Wildman–Crippen MR) is 102 cm³/mol. The molecule has 3 rings (SSSR count). The van der Waals surface area contributed by atoms with Crippen molar-refractivity contribution in [1.82, 2.24) is 14.8 Å². The zero-order valence-electron chi connectivity index (χ0n) is 14.9. The molecule has 0 fully saturated rings. The molecule has 2 aromatic carbocycles. The van der Waals surface area contributed by atoms with Gasteiger partial charge in [-0.25, -0.2) is 4.39 Å². The largest absolute Gasteiger partial charge is 0.298 e. The number of nitrogens with zero attached hydrogens (tertiary/aromatic N) is 3. The number of ketones is 1. The smallest absolute Gasteiger partial charge is 0.196 e. The first-order chi connectivity index (χ1) is 12.4. The molecule has 3 aromatic rings. The van der Waals surface area contributed by atoms with E-state index in [1.54, 1.807) is 12.1 Å². The molecule has 1 aromatic heterocycles. The van der Waals surface area contributed by atoms with Gasteiger partial charge in [0, 0.05) is 16.7 Å². The number of thioether (sulfide) groups is 1. The Labute approximate surface area is 156 Å². The normalized spacial score (nSPS) is 11.5. The van der Waals surface area contributed by atoms with Crippen molar-refractivity contribution in [2.75, 3.05) is 5.75 Å². The summed E-state index contributed by atoms with van der Waals surface area (Å²) in [5, 5.41) is 9.19. The second-order valence-corrected chi connectivity index (χ2v) is 7.89. The van der Waals surface area contributed by atoms with Gasteiger partial charge >= 0.3 is 0 Å². The Morgan fingerprint density at radius 1 is 1.04 bits per heavy atom. The average Bonchev–Trinajstić information content (AvgIpc) is 3.04. The van der Waals surface area contributed by atoms with E-state index >= 15 is 0 Å². The van der Waals surface area contributed by atoms with E-state index in [4.69, 9.17) is 0 Å². The molecule has 0 amide bonds. The zero-order valence-corrected chi connectivity index (χ0v) is 15.8. The minimum absolute atomic E-state index is 0.136. The molecular formula is C20H20FN3OS. The van der Waals surface area contributed by atoms with Crippen LogP contribution in [0.25, 0.3) is 17.1 Å². The van der Waals surface area contributed by atoms with Crippen LogP contribution in [0.3, 0.4) is 0 Å². The van der Waals surface area contributed by atoms with Crippen molar-refractivity contribution in [2.24, 2.45) is 5.41 Å². The molecule has 0 aliphatic heterocycles. The van der Waals surface area contributed by atoms with Gasteiger partial charge in [-0.3, -0.25) is 9.36 Å². The Morgan fingerprint density at radius 3 is 2.31 bits per heavy atom. The standard InChI is InChI=1S/C20H20FN3OS/c1-20(2,3)17(25)13-26-19-23-22-18(14-7-5-4-6-8-14)24(19)16-11-9-15(21)10-12-16/h4-12H,13H2,1-3H3. The number of hydrogen-bond donors (Lipinski definition) is 0. The third-order valence-corrected chi connectivity index (χ3v) is 4.85. The number of benzene rings is 2. The van der Waals surface area contributed by atoms with Gasteiger partial charge in [-0.2, -0.15) is 0 Å². The summed E-state index contributed by atoms with van der Waals surface area (Å²) in [6.45, 7) is 5.70. The Balaban J connectivity index is 2.01. The second kappa shape index (κ2) is 7.41. The maximum Gasteiger partial charge on any atom is 0.196 e. The molecule has 6 heteroatoms. The van der Waals surface area contributed by atoms with Crippen molar-refractivity contribution in [3.8, 4) is 17.1 Å². The fourth-order valence-electron chi connectivity index (χ4n) is 2.31. The number of Topliss-reactive ketones (excluding diaryl/α,β-unsaturated/α-hetero) is 1. The molecule has 26 heavy (non-hydrogen) atoms. The quantitative estimate of drug-likeness (QED) is 0.607. The van der Waals surface area contributed by atoms with E-state index in [1.807, 2.05) is 55.7 Å². The van der Waals surface area contributed by atoms with Crippen LogP contribution >= 0.6 is 11.8 Å². The number of halogens is 1. The van der Waals surface area contributed by atoms with Gasteiger partial charge in [-0.1, -0.05) is 62.9 Å². The summed E-state index contributed by atoms with van der Waals surface area (Å²) in [5.74, 6) is 0.790. The fourth-order valence-corrected chi connectivity index (χ4v) is 3.42. The fraction of sp³-hybridized carbons (Fsp3) is 0.250. The first-order valence-corrected chi connectivity index (χ1v) is 9.28. The van der Waals surface area contributed by atoms with Crippen LogP contribution in [0.2, 0.25) is 0 Å². The van der Waals surface area contributed by atoms with Crippen molar-refractivity contribution in [2.45, 2.75) is 25.9 Å². The van der Waals surface area contributed by atoms with Crippen LogP contribution in [0.5, 0.6) is 0 Å². The van der Waals surface area contributed by atoms with E-state index in [2.05, 4.69) is 10.2 Å². The molecule has 134 valence electrons. The van der Waals surface area contributed by atoms with Crippen molar-refractivity contribution in [1.29, 1.82) is 0 Å². The molecule has 0 atom stereocenters. The lowest BCUT2D eigenvalue weighted by molar-refractivity contribution is -0.123. The molecule has 0 saturated carbocycles. The van der Waals surface area contributed by atoms with Crippen molar-refractivity contribution >= 4 is 17.5 Å². The van der Waals surface area contributed by atoms with Gasteiger partial charge in [-0.05, 0) is 24.3 Å². The highest BCUT2D eigenvalue weighted by molar-refractivity contribution is 7.99. The van der Waals surface area contributed by atoms with E-state index in [-0.39, 0.29) is 11.6 Å². The summed E-state index contributed by atoms with van der Waals surface area (Å²) < 4.78 is 15.2. The summed E-state index contributed by atoms with van der Waals surface area (Å²) in [4.78, 5) is 12.3. The summed E-state index contributed by atoms with van der Waals surface area (Å²) in [6.07, 6.45) is 0. The lowest BCUT2D eigenvalue weighted by Gasteiger charge is -2.16. The molecule has 0 saturated heterocycles. The third kappa shape index (κ3) is 4.02. The Morgan fingerprint density at radius 2 is 1.69 bits per heavy atom. The van der Waals surface area contributed by atoms with Gasteiger partial charge < -0.3 is 0 Å². The summed E-state index contributed by atoms with van der Waals surface area (Å²) >= 11 is 1.34. The van der Waals surface area contributed by atoms with Gasteiger partial charge in [0.2, 0.25) is 0 Å². The molecule has 0 bridgehead atoms. The van der Waals surface area contributed by atoms with Crippen molar-refractivity contribution in [3.63, 3.8) is 0 Å². The van der Waals surface area contributed by atoms with Crippen LogP contribution in [0.15, 0.2) is 59.8 Å². The molecule has 0 radical (unpaired) electrons. The Kier molecular flexibility index (Phi) is 5.23. The first-order valence-electron chi connectivity index (χ1n) is 8.29. The van der Waals surface area contributed by atoms with Crippen LogP contribution in [-0.4, -0.2) is 26.3 Å². The minimum atomic E-state index is -0.407. The van der Waals surface area contributed by atoms with Gasteiger partial charge in [0.1, 0.15) is 11.6 Å². The van der Waals surface area contributed by atoms with Crippen molar-refractivity contribution < 1.29 is 9.18 Å². The monoisotopic (exact) mass is 369 g/mol. The van der Waals surface area contributed by atoms with Gasteiger partial charge in [0.25, 0.3) is 0 Å². The van der Waals surface area contributed by atoms with Crippen LogP contribution in [-0.2, 0) is 4.79 Å². The first kappa shape index (κ1) is 18.3. The molecular weight excluding hydrogens is 349 g/mol. The average molecular weight is 369 g/mol. The number of hydrogen-bond acceptors (Lipinski definition) is 4. The van der Waals surface area contributed by atoms with Gasteiger partial charge in [0.15, 0.2) is 11.0 Å². The van der Waals surface area contributed by atoms with Gasteiger partial charge in [0.05, 0.1) is 5.75 Å². The van der Waals surface area contributed by atoms with E-state index in [9.17, 15) is 9.18 Å². The molecule has 0 aliphatic rings. The molecule has 0 unspecified atom stereocenters. The SMILES string of the molecule is CC(C)(C)C(=O)CSc1nnc(-c2ccccc2)n1-c1ccc(F)cc1. The Bertz CT molecular complexity index is 899. The van der Waals surface area contributed by atoms with Crippen molar-refractivity contribution in [3.05, 3.63) is 60.4 Å². The maximum absolute atomic E-state index is 13.3. The summed E-state index contributed by atoms with van der Waals surface area (Å²) in [7, 11) is 0. The number of rotatable bonds is 5. The topological polar surface area (TPSA) is 47.8 Å². The number of carbonyl (C=O) groups excluding carboxylic acids is 1. The van der Waals surface area contributed by atoms with Crippen LogP contribution < -0.4 is 0 Å². The molecule has 0 spiro atoms. The lowest BCUT2D eigenvalue weighted by atomic mass is 9.92. The van der Waals surface area contributed by atoms with Crippen LogP contribution in [0, 0.1) is 11.2 Å². The highest BCUT2D eigenvalue weighted by Crippen LogP contribution is 2.29. The second-order valence-electron chi connectivity index (χ2n) is 6.95. The molecule has 0 N–H and O–H groups in total. The Hall–Kier alpha value is -2.47. The number of aromatic nitrogens is 3. The molecule has 4 nitrogen and oxygen atoms in total. The minimum Gasteiger partial charge on any atom is -0.298 e. The summed E-state index contributed by atoms with van der Waals surface area (Å²) in [5.41, 5.74) is 1.25. The van der Waals surface area contributed by atoms with Crippen LogP contribution in [0.4, 0.5) is 4.39 Å². The molecule has 0 aliphatic carbocycles. The molecule has 1 heterocycles. The summed E-state index contributed by atoms with van der Waals surface area (Å²) in [6, 6.07) is 15.8. The highest BCUT2D eigenvalue weighted by atomic mass is 32.2. The lowest BCUT2D eigenvalue weighted by Crippen LogP contribution is -2.22. The third-order valence-electron chi connectivity index (χ3n) is 3.92. The van der Waals surface area contributed by atoms with E-state index in [0.717, 1.165) is 11.3 Å². The zero-order chi connectivity index (χ0) is 18.7. The van der Waals surface area contributed by atoms with E-state index in [1.165, 1.54) is 23.9 Å². The predicted octanol–water partition coefficient (Wildman–Crippen LogP) is 4.78. The maximum atomic E-state index is 13.3. The van der Waals surface area contributed by atoms with E-state index in [0.29, 0.717) is 16.7 Å². The van der Waals surface area contributed by atoms with Crippen LogP contribution in [0.1, 0.15) is 20.8 Å². The number of carbonyl (C=O) groups is 1. The van der Waals surface area contributed by atoms with E-state index < -0.39 is 5.41 Å². The highest BCUT2D eigenvalue weighted by Gasteiger charge is 2.23.